The number of hydrogen-bond donors (Lipinski definition) is 3. The zero-order chi connectivity index (χ0) is 37.6. The minimum Gasteiger partial charge on any atom is -0.744 e. The number of azo groups is 2. The van der Waals surface area contributed by atoms with Gasteiger partial charge in [-0.15, -0.1) is 24.8 Å². The van der Waals surface area contributed by atoms with Crippen LogP contribution in [0, 0.1) is 12.0 Å². The zero-order valence-corrected chi connectivity index (χ0v) is 36.9. The second-order valence-corrected chi connectivity index (χ2v) is 14.6. The average molecular weight is 861 g/mol. The molecule has 4 aromatic rings. The van der Waals surface area contributed by atoms with Crippen molar-refractivity contribution in [3.63, 3.8) is 0 Å². The first kappa shape index (κ1) is 50.2. The summed E-state index contributed by atoms with van der Waals surface area (Å²) in [5, 5.41) is 40.4. The molecule has 0 atom stereocenters. The van der Waals surface area contributed by atoms with E-state index in [-0.39, 0.29) is 124 Å². The number of aromatic hydroxyl groups is 1. The van der Waals surface area contributed by atoms with E-state index in [1.807, 2.05) is 0 Å². The molecule has 0 amide bonds. The summed E-state index contributed by atoms with van der Waals surface area (Å²) in [5.41, 5.74) is 3.49. The molecule has 0 saturated carbocycles. The third-order valence-electron chi connectivity index (χ3n) is 5.92. The van der Waals surface area contributed by atoms with Crippen molar-refractivity contribution in [2.45, 2.75) is 14.7 Å². The van der Waals surface area contributed by atoms with Crippen LogP contribution >= 0.6 is 12.3 Å². The Labute approximate surface area is 374 Å². The molecule has 3 aromatic carbocycles. The van der Waals surface area contributed by atoms with Gasteiger partial charge < -0.3 is 30.5 Å². The molecular formula is C24H17F2N8Na3O13S4. The smallest absolute Gasteiger partial charge is 0.744 e. The molecule has 0 fully saturated rings. The van der Waals surface area contributed by atoms with Crippen LogP contribution < -0.4 is 105 Å². The molecule has 1 heterocycles. The van der Waals surface area contributed by atoms with E-state index in [9.17, 15) is 53.5 Å². The molecule has 0 unspecified atom stereocenters. The van der Waals surface area contributed by atoms with Gasteiger partial charge in [0, 0.05) is 17.8 Å². The molecule has 0 spiro atoms. The minimum absolute atomic E-state index is 0. The number of hydrogen-bond acceptors (Lipinski definition) is 22. The number of aromatic nitrogens is 2. The molecule has 0 aliphatic carbocycles. The van der Waals surface area contributed by atoms with Gasteiger partial charge in [0.25, 0.3) is 0 Å². The Balaban J connectivity index is 0.00000486. The van der Waals surface area contributed by atoms with Gasteiger partial charge in [-0.3, -0.25) is 9.22 Å². The van der Waals surface area contributed by atoms with Crippen LogP contribution in [0.2, 0.25) is 0 Å². The van der Waals surface area contributed by atoms with Crippen LogP contribution in [0.25, 0.3) is 0 Å². The fraction of sp³-hybridized carbons (Fsp3) is 0.0833. The first-order valence-corrected chi connectivity index (χ1v) is 18.1. The fourth-order valence-corrected chi connectivity index (χ4v) is 6.48. The summed E-state index contributed by atoms with van der Waals surface area (Å²) >= 11 is 0.0338. The molecule has 0 saturated heterocycles. The van der Waals surface area contributed by atoms with Gasteiger partial charge >= 0.3 is 94.8 Å². The monoisotopic (exact) mass is 860 g/mol. The van der Waals surface area contributed by atoms with Crippen LogP contribution in [0.1, 0.15) is 0 Å². The van der Waals surface area contributed by atoms with E-state index < -0.39 is 92.0 Å². The number of halogens is 2. The molecule has 0 radical (unpaired) electrons. The van der Waals surface area contributed by atoms with Crippen molar-refractivity contribution in [1.82, 2.24) is 9.97 Å². The van der Waals surface area contributed by atoms with Crippen molar-refractivity contribution in [3.05, 3.63) is 66.6 Å². The molecule has 0 aliphatic heterocycles. The van der Waals surface area contributed by atoms with Gasteiger partial charge in [0.1, 0.15) is 54.6 Å². The Hall–Kier alpha value is -1.84. The number of phenols is 1. The number of sulfone groups is 1. The summed E-state index contributed by atoms with van der Waals surface area (Å²) in [6, 6.07) is 7.62. The number of nitrogens with two attached hydrogens (primary N) is 1. The van der Waals surface area contributed by atoms with Crippen molar-refractivity contribution in [3.8, 4) is 5.75 Å². The topological polar surface area (TPSA) is 333 Å². The molecule has 0 bridgehead atoms. The predicted octanol–water partition coefficient (Wildman–Crippen LogP) is -5.99. The SMILES string of the molecule is Nc1cc(O)c(N=Nc2ccc(S(=O)(=O)CCOSOO[O-])cc2S(=O)(=O)[O-])cc1N=Nc1cc(Nc2cc(F)nc(F)n2)ccc1S(=O)(=O)[O-].[Na+].[Na+].[Na+]. The molecule has 1 aromatic heterocycles. The number of nitrogens with zero attached hydrogens (tertiary/aromatic N) is 6. The molecule has 30 heteroatoms. The number of nitrogens with one attached hydrogen (secondary N) is 1. The Morgan fingerprint density at radius 3 is 2.06 bits per heavy atom. The number of rotatable bonds is 15. The second-order valence-electron chi connectivity index (χ2n) is 9.33. The molecular weight excluding hydrogens is 844 g/mol. The van der Waals surface area contributed by atoms with E-state index in [1.165, 1.54) is 0 Å². The summed E-state index contributed by atoms with van der Waals surface area (Å²) in [4.78, 5) is 3.54. The van der Waals surface area contributed by atoms with Crippen molar-refractivity contribution >= 4 is 82.3 Å². The van der Waals surface area contributed by atoms with Crippen LogP contribution in [0.3, 0.4) is 0 Å². The third-order valence-corrected chi connectivity index (χ3v) is 9.72. The second kappa shape index (κ2) is 21.6. The van der Waals surface area contributed by atoms with Gasteiger partial charge in [-0.2, -0.15) is 18.7 Å². The van der Waals surface area contributed by atoms with Gasteiger partial charge in [0.05, 0.1) is 32.7 Å². The van der Waals surface area contributed by atoms with E-state index in [4.69, 9.17) is 5.73 Å². The number of benzene rings is 3. The van der Waals surface area contributed by atoms with Gasteiger partial charge in [0.15, 0.2) is 22.2 Å². The standard InChI is InChI=1S/C24H20F2N8O13S4.3Na/c25-22-11-23(30-24(26)29-22)28-12-1-4-20(50(39,40)41)18(7-12)34-32-16-10-17(19(35)9-14(16)27)33-31-15-3-2-13(8-21(15)51(42,43)44)49(37,38)6-5-45-48-47-46-36;;;/h1-4,7-11,35-36H,5-6,27H2,(H,28,29,30)(H,39,40,41)(H,42,43,44);;;/q;3*+1/p-3. The van der Waals surface area contributed by atoms with E-state index in [0.29, 0.717) is 12.1 Å². The van der Waals surface area contributed by atoms with Crippen LogP contribution in [0.15, 0.2) is 89.7 Å². The molecule has 272 valence electrons. The Kier molecular flexibility index (Phi) is 20.1. The number of anilines is 3. The van der Waals surface area contributed by atoms with Crippen molar-refractivity contribution in [2.75, 3.05) is 23.4 Å². The normalized spacial score (nSPS) is 11.9. The van der Waals surface area contributed by atoms with Crippen molar-refractivity contribution < 1.29 is 156 Å². The Morgan fingerprint density at radius 2 is 1.43 bits per heavy atom. The quantitative estimate of drug-likeness (QED) is 0.00957. The summed E-state index contributed by atoms with van der Waals surface area (Å²) in [6.07, 6.45) is -1.42. The Morgan fingerprint density at radius 1 is 0.796 bits per heavy atom. The van der Waals surface area contributed by atoms with Crippen molar-refractivity contribution in [2.24, 2.45) is 20.5 Å². The molecule has 21 nitrogen and oxygen atoms in total. The molecule has 0 aliphatic rings. The summed E-state index contributed by atoms with van der Waals surface area (Å²) in [5.74, 6) is -3.02. The predicted molar refractivity (Wildman–Crippen MR) is 163 cm³/mol. The van der Waals surface area contributed by atoms with E-state index in [0.717, 1.165) is 42.5 Å². The molecule has 4 N–H and O–H groups in total. The van der Waals surface area contributed by atoms with Crippen LogP contribution in [0.5, 0.6) is 5.75 Å². The maximum absolute atomic E-state index is 13.5. The van der Waals surface area contributed by atoms with E-state index >= 15 is 0 Å². The van der Waals surface area contributed by atoms with E-state index in [1.54, 1.807) is 0 Å². The summed E-state index contributed by atoms with van der Waals surface area (Å²) < 4.78 is 132. The minimum atomic E-state index is -5.38. The van der Waals surface area contributed by atoms with Crippen LogP contribution in [0.4, 0.5) is 48.7 Å². The van der Waals surface area contributed by atoms with Gasteiger partial charge in [-0.05, 0) is 42.5 Å². The summed E-state index contributed by atoms with van der Waals surface area (Å²) in [7, 11) is -14.8. The maximum Gasteiger partial charge on any atom is 1.00 e. The Bertz CT molecular complexity index is 2350. The van der Waals surface area contributed by atoms with Gasteiger partial charge in [-0.1, -0.05) is 0 Å². The van der Waals surface area contributed by atoms with Crippen LogP contribution in [-0.2, 0) is 43.6 Å². The van der Waals surface area contributed by atoms with E-state index in [2.05, 4.69) is 49.3 Å². The zero-order valence-electron chi connectivity index (χ0n) is 27.6. The fourth-order valence-electron chi connectivity index (χ4n) is 3.75. The van der Waals surface area contributed by atoms with Crippen molar-refractivity contribution in [1.29, 1.82) is 0 Å². The first-order valence-electron chi connectivity index (χ1n) is 13.0. The largest absolute Gasteiger partial charge is 1.00 e. The maximum atomic E-state index is 13.5. The average Bonchev–Trinajstić information content (AvgIpc) is 3.02. The first-order chi connectivity index (χ1) is 23.9. The number of nitrogen functional groups attached to an aromatic ring is 1. The third kappa shape index (κ3) is 14.3. The van der Waals surface area contributed by atoms with Crippen LogP contribution in [-0.4, -0.2) is 61.8 Å². The molecule has 4 rings (SSSR count). The van der Waals surface area contributed by atoms with Gasteiger partial charge in [-0.25, -0.2) is 25.3 Å². The summed E-state index contributed by atoms with van der Waals surface area (Å²) in [6.45, 7) is -0.546. The van der Waals surface area contributed by atoms with Gasteiger partial charge in [0.2, 0.25) is 5.95 Å². The number of phenolic OH excluding ortho intramolecular Hbond substituents is 1. The molecule has 54 heavy (non-hydrogen) atoms.